The number of hydrogen-bond acceptors (Lipinski definition) is 4. The average molecular weight is 443 g/mol. The average Bonchev–Trinajstić information content (AvgIpc) is 3.12. The van der Waals surface area contributed by atoms with Crippen LogP contribution in [0.3, 0.4) is 0 Å². The number of piperidine rings is 1. The van der Waals surface area contributed by atoms with Crippen molar-refractivity contribution in [3.05, 3.63) is 29.3 Å². The van der Waals surface area contributed by atoms with E-state index in [1.807, 2.05) is 0 Å². The Morgan fingerprint density at radius 2 is 1.88 bits per heavy atom. The molecule has 4 heteroatoms. The van der Waals surface area contributed by atoms with Gasteiger partial charge in [-0.15, -0.1) is 0 Å². The third-order valence-electron chi connectivity index (χ3n) is 9.11. The van der Waals surface area contributed by atoms with Crippen LogP contribution in [-0.2, 0) is 17.6 Å². The van der Waals surface area contributed by atoms with Gasteiger partial charge in [0.1, 0.15) is 0 Å². The number of nitrogens with zero attached hydrogens (tertiary/aromatic N) is 2. The summed E-state index contributed by atoms with van der Waals surface area (Å²) in [7, 11) is 4.43. The molecule has 4 nitrogen and oxygen atoms in total. The van der Waals surface area contributed by atoms with Gasteiger partial charge in [-0.2, -0.15) is 0 Å². The molecule has 32 heavy (non-hydrogen) atoms. The van der Waals surface area contributed by atoms with Crippen LogP contribution in [0, 0.1) is 17.3 Å². The van der Waals surface area contributed by atoms with Crippen LogP contribution in [0.15, 0.2) is 18.2 Å². The second-order valence-corrected chi connectivity index (χ2v) is 11.2. The minimum Gasteiger partial charge on any atom is -0.394 e. The number of ether oxygens (including phenoxy) is 1. The lowest BCUT2D eigenvalue weighted by Gasteiger charge is -2.42. The number of aliphatic hydroxyl groups is 1. The van der Waals surface area contributed by atoms with Crippen molar-refractivity contribution in [1.82, 2.24) is 4.90 Å². The molecule has 0 aromatic heterocycles. The van der Waals surface area contributed by atoms with Gasteiger partial charge in [-0.05, 0) is 106 Å². The molecule has 1 heterocycles. The van der Waals surface area contributed by atoms with Crippen molar-refractivity contribution in [2.75, 3.05) is 45.3 Å². The van der Waals surface area contributed by atoms with Crippen LogP contribution in [0.2, 0.25) is 0 Å². The van der Waals surface area contributed by atoms with Gasteiger partial charge in [0.05, 0.1) is 19.3 Å². The van der Waals surface area contributed by atoms with Crippen LogP contribution in [-0.4, -0.2) is 62.6 Å². The van der Waals surface area contributed by atoms with E-state index in [-0.39, 0.29) is 12.0 Å². The predicted octanol–water partition coefficient (Wildman–Crippen LogP) is 4.92. The van der Waals surface area contributed by atoms with Crippen LogP contribution in [0.4, 0.5) is 5.69 Å². The molecular weight excluding hydrogens is 396 g/mol. The van der Waals surface area contributed by atoms with Gasteiger partial charge in [-0.25, -0.2) is 0 Å². The van der Waals surface area contributed by atoms with Gasteiger partial charge in [0.25, 0.3) is 0 Å². The summed E-state index contributed by atoms with van der Waals surface area (Å²) in [6, 6.07) is 8.08. The molecule has 4 unspecified atom stereocenters. The summed E-state index contributed by atoms with van der Waals surface area (Å²) in [5, 5.41) is 9.27. The van der Waals surface area contributed by atoms with Crippen molar-refractivity contribution >= 4 is 5.69 Å². The molecule has 180 valence electrons. The van der Waals surface area contributed by atoms with Gasteiger partial charge in [0.15, 0.2) is 0 Å². The summed E-state index contributed by atoms with van der Waals surface area (Å²) < 4.78 is 6.16. The lowest BCUT2D eigenvalue weighted by Crippen LogP contribution is -2.42. The Kier molecular flexibility index (Phi) is 7.85. The molecule has 1 saturated carbocycles. The second-order valence-electron chi connectivity index (χ2n) is 11.2. The Morgan fingerprint density at radius 3 is 2.56 bits per heavy atom. The quantitative estimate of drug-likeness (QED) is 0.620. The van der Waals surface area contributed by atoms with E-state index in [1.165, 1.54) is 70.1 Å². The third kappa shape index (κ3) is 4.88. The number of hydrogen-bond donors (Lipinski definition) is 1. The van der Waals surface area contributed by atoms with Gasteiger partial charge in [-0.1, -0.05) is 26.3 Å². The summed E-state index contributed by atoms with van der Waals surface area (Å²) in [6.07, 6.45) is 11.5. The first-order chi connectivity index (χ1) is 15.5. The number of aryl methyl sites for hydroxylation is 1. The van der Waals surface area contributed by atoms with Gasteiger partial charge >= 0.3 is 0 Å². The smallest absolute Gasteiger partial charge is 0.0701 e. The van der Waals surface area contributed by atoms with Gasteiger partial charge in [0, 0.05) is 24.8 Å². The third-order valence-corrected chi connectivity index (χ3v) is 9.11. The van der Waals surface area contributed by atoms with E-state index in [0.29, 0.717) is 12.7 Å². The van der Waals surface area contributed by atoms with Crippen molar-refractivity contribution in [2.45, 2.75) is 83.8 Å². The van der Waals surface area contributed by atoms with Crippen LogP contribution in [0.25, 0.3) is 0 Å². The Labute approximate surface area is 196 Å². The highest BCUT2D eigenvalue weighted by Gasteiger charge is 2.49. The van der Waals surface area contributed by atoms with E-state index in [1.54, 1.807) is 11.1 Å². The van der Waals surface area contributed by atoms with E-state index in [0.717, 1.165) is 24.3 Å². The Morgan fingerprint density at radius 1 is 1.09 bits per heavy atom. The topological polar surface area (TPSA) is 35.9 Å². The summed E-state index contributed by atoms with van der Waals surface area (Å²) >= 11 is 0. The first kappa shape index (κ1) is 24.0. The molecule has 0 bridgehead atoms. The minimum atomic E-state index is 0.134. The molecule has 0 spiro atoms. The van der Waals surface area contributed by atoms with E-state index < -0.39 is 0 Å². The summed E-state index contributed by atoms with van der Waals surface area (Å²) in [4.78, 5) is 4.99. The maximum absolute atomic E-state index is 9.27. The summed E-state index contributed by atoms with van der Waals surface area (Å²) in [6.45, 7) is 7.76. The number of benzene rings is 1. The van der Waals surface area contributed by atoms with Crippen molar-refractivity contribution in [2.24, 2.45) is 17.3 Å². The Bertz CT molecular complexity index is 743. The molecule has 1 N–H and O–H groups in total. The van der Waals surface area contributed by atoms with Gasteiger partial charge in [-0.3, -0.25) is 0 Å². The van der Waals surface area contributed by atoms with Crippen LogP contribution < -0.4 is 4.90 Å². The lowest BCUT2D eigenvalue weighted by atomic mass is 9.65. The molecule has 2 aliphatic carbocycles. The molecule has 1 aromatic rings. The van der Waals surface area contributed by atoms with E-state index >= 15 is 0 Å². The molecule has 0 radical (unpaired) electrons. The zero-order valence-corrected chi connectivity index (χ0v) is 21.0. The Hall–Kier alpha value is -1.10. The molecular formula is C28H46N2O2. The van der Waals surface area contributed by atoms with Crippen molar-refractivity contribution in [3.63, 3.8) is 0 Å². The van der Waals surface area contributed by atoms with Crippen LogP contribution >= 0.6 is 0 Å². The molecule has 2 fully saturated rings. The minimum absolute atomic E-state index is 0.134. The number of aliphatic hydroxyl groups excluding tert-OH is 1. The van der Waals surface area contributed by atoms with E-state index in [2.05, 4.69) is 55.9 Å². The van der Waals surface area contributed by atoms with Crippen LogP contribution in [0.1, 0.15) is 69.9 Å². The first-order valence-corrected chi connectivity index (χ1v) is 13.2. The van der Waals surface area contributed by atoms with Crippen molar-refractivity contribution < 1.29 is 9.84 Å². The van der Waals surface area contributed by atoms with Gasteiger partial charge < -0.3 is 19.6 Å². The molecule has 1 aliphatic heterocycles. The first-order valence-electron chi connectivity index (χ1n) is 13.2. The van der Waals surface area contributed by atoms with Gasteiger partial charge in [0.2, 0.25) is 0 Å². The predicted molar refractivity (Wildman–Crippen MR) is 133 cm³/mol. The molecule has 3 aliphatic rings. The zero-order valence-electron chi connectivity index (χ0n) is 21.0. The number of anilines is 1. The summed E-state index contributed by atoms with van der Waals surface area (Å²) in [5.74, 6) is 1.51. The SMILES string of the molecule is CCCC1(C)C(OCCO)CCC1C1CCc2cc(N3CCC(N(C)C)CC3)ccc2C1. The largest absolute Gasteiger partial charge is 0.394 e. The van der Waals surface area contributed by atoms with Crippen molar-refractivity contribution in [1.29, 1.82) is 0 Å². The highest BCUT2D eigenvalue weighted by molar-refractivity contribution is 5.52. The summed E-state index contributed by atoms with van der Waals surface area (Å²) in [5.41, 5.74) is 4.88. The molecule has 1 aromatic carbocycles. The number of rotatable bonds is 8. The molecule has 0 amide bonds. The zero-order chi connectivity index (χ0) is 22.7. The lowest BCUT2D eigenvalue weighted by molar-refractivity contribution is -0.0535. The van der Waals surface area contributed by atoms with E-state index in [9.17, 15) is 5.11 Å². The fourth-order valence-corrected chi connectivity index (χ4v) is 7.31. The molecule has 4 atom stereocenters. The maximum Gasteiger partial charge on any atom is 0.0701 e. The fourth-order valence-electron chi connectivity index (χ4n) is 7.31. The van der Waals surface area contributed by atoms with E-state index in [4.69, 9.17) is 4.74 Å². The Balaban J connectivity index is 1.43. The normalized spacial score (nSPS) is 31.3. The highest BCUT2D eigenvalue weighted by Crippen LogP contribution is 2.53. The molecule has 4 rings (SSSR count). The number of fused-ring (bicyclic) bond motifs is 1. The monoisotopic (exact) mass is 442 g/mol. The fraction of sp³-hybridized carbons (Fsp3) is 0.786. The van der Waals surface area contributed by atoms with Crippen LogP contribution in [0.5, 0.6) is 0 Å². The maximum atomic E-state index is 9.27. The standard InChI is InChI=1S/C28H46N2O2/c1-5-14-28(2)26(10-11-27(28)32-18-17-31)23-7-6-22-20-25(9-8-21(22)19-23)30-15-12-24(13-16-30)29(3)4/h8-9,20,23-24,26-27,31H,5-7,10-19H2,1-4H3. The highest BCUT2D eigenvalue weighted by atomic mass is 16.5. The molecule has 1 saturated heterocycles. The van der Waals surface area contributed by atoms with Crippen molar-refractivity contribution in [3.8, 4) is 0 Å². The second kappa shape index (κ2) is 10.4.